The van der Waals surface area contributed by atoms with Gasteiger partial charge in [0.15, 0.2) is 0 Å². The van der Waals surface area contributed by atoms with Gasteiger partial charge in [-0.25, -0.2) is 4.79 Å². The van der Waals surface area contributed by atoms with Crippen molar-refractivity contribution >= 4 is 29.3 Å². The van der Waals surface area contributed by atoms with E-state index < -0.39 is 5.97 Å². The molecule has 5 heteroatoms. The average Bonchev–Trinajstić information content (AvgIpc) is 2.55. The number of thioether (sulfide) groups is 1. The van der Waals surface area contributed by atoms with Crippen LogP contribution in [0.1, 0.15) is 28.4 Å². The predicted molar refractivity (Wildman–Crippen MR) is 94.0 cm³/mol. The highest BCUT2D eigenvalue weighted by Gasteiger charge is 2.15. The molecule has 0 bridgehead atoms. The molecule has 23 heavy (non-hydrogen) atoms. The van der Waals surface area contributed by atoms with E-state index in [1.165, 1.54) is 11.6 Å². The third-order valence-electron chi connectivity index (χ3n) is 3.44. The topological polar surface area (TPSA) is 66.4 Å². The van der Waals surface area contributed by atoms with Crippen molar-refractivity contribution in [2.45, 2.75) is 24.9 Å². The van der Waals surface area contributed by atoms with Crippen LogP contribution in [0.2, 0.25) is 0 Å². The van der Waals surface area contributed by atoms with Crippen molar-refractivity contribution in [1.29, 1.82) is 0 Å². The fourth-order valence-electron chi connectivity index (χ4n) is 2.04. The Morgan fingerprint density at radius 1 is 1.17 bits per heavy atom. The van der Waals surface area contributed by atoms with Gasteiger partial charge in [0.25, 0.3) is 0 Å². The third kappa shape index (κ3) is 4.86. The summed E-state index contributed by atoms with van der Waals surface area (Å²) in [6.45, 7) is 3.65. The minimum Gasteiger partial charge on any atom is -0.478 e. The molecule has 0 saturated heterocycles. The highest BCUT2D eigenvalue weighted by Crippen LogP contribution is 2.21. The van der Waals surface area contributed by atoms with Gasteiger partial charge < -0.3 is 10.4 Å². The Bertz CT molecular complexity index is 701. The van der Waals surface area contributed by atoms with Crippen molar-refractivity contribution in [2.75, 3.05) is 5.32 Å². The van der Waals surface area contributed by atoms with Crippen molar-refractivity contribution in [2.24, 2.45) is 0 Å². The number of aromatic carboxylic acids is 1. The van der Waals surface area contributed by atoms with Gasteiger partial charge in [0.2, 0.25) is 5.91 Å². The molecule has 1 unspecified atom stereocenters. The number of carboxylic acids is 1. The minimum absolute atomic E-state index is 0.0860. The van der Waals surface area contributed by atoms with Crippen LogP contribution in [0.25, 0.3) is 0 Å². The fraction of sp³-hybridized carbons (Fsp3) is 0.222. The normalized spacial score (nSPS) is 11.7. The molecule has 1 amide bonds. The van der Waals surface area contributed by atoms with Crippen LogP contribution >= 0.6 is 11.8 Å². The summed E-state index contributed by atoms with van der Waals surface area (Å²) in [7, 11) is 0. The molecule has 0 fully saturated rings. The van der Waals surface area contributed by atoms with E-state index in [-0.39, 0.29) is 16.7 Å². The van der Waals surface area contributed by atoms with E-state index in [2.05, 4.69) is 5.32 Å². The lowest BCUT2D eigenvalue weighted by Gasteiger charge is -2.14. The van der Waals surface area contributed by atoms with Gasteiger partial charge in [-0.05, 0) is 43.2 Å². The van der Waals surface area contributed by atoms with Gasteiger partial charge in [0, 0.05) is 11.4 Å². The number of hydrogen-bond donors (Lipinski definition) is 2. The maximum Gasteiger partial charge on any atom is 0.335 e. The molecule has 2 N–H and O–H groups in total. The summed E-state index contributed by atoms with van der Waals surface area (Å²) in [4.78, 5) is 23.2. The van der Waals surface area contributed by atoms with Gasteiger partial charge in [-0.2, -0.15) is 0 Å². The van der Waals surface area contributed by atoms with Gasteiger partial charge in [-0.3, -0.25) is 4.79 Å². The van der Waals surface area contributed by atoms with Crippen LogP contribution < -0.4 is 5.32 Å². The summed E-state index contributed by atoms with van der Waals surface area (Å²) in [5.41, 5.74) is 2.77. The van der Waals surface area contributed by atoms with Gasteiger partial charge in [-0.1, -0.05) is 30.3 Å². The van der Waals surface area contributed by atoms with E-state index in [4.69, 9.17) is 5.11 Å². The number of anilines is 1. The van der Waals surface area contributed by atoms with E-state index in [0.29, 0.717) is 5.69 Å². The van der Waals surface area contributed by atoms with Crippen LogP contribution in [-0.4, -0.2) is 22.2 Å². The number of nitrogens with one attached hydrogen (secondary N) is 1. The highest BCUT2D eigenvalue weighted by molar-refractivity contribution is 7.99. The quantitative estimate of drug-likeness (QED) is 0.842. The molecule has 0 radical (unpaired) electrons. The molecule has 0 aliphatic carbocycles. The van der Waals surface area contributed by atoms with Crippen LogP contribution in [-0.2, 0) is 10.5 Å². The Morgan fingerprint density at radius 3 is 2.48 bits per heavy atom. The van der Waals surface area contributed by atoms with E-state index in [1.807, 2.05) is 37.3 Å². The van der Waals surface area contributed by atoms with Gasteiger partial charge >= 0.3 is 5.97 Å². The second-order valence-corrected chi connectivity index (χ2v) is 6.59. The highest BCUT2D eigenvalue weighted by atomic mass is 32.2. The zero-order chi connectivity index (χ0) is 16.8. The Kier molecular flexibility index (Phi) is 5.82. The molecular formula is C18H19NO3S. The number of rotatable bonds is 6. The zero-order valence-electron chi connectivity index (χ0n) is 13.1. The van der Waals surface area contributed by atoms with Crippen LogP contribution in [0.5, 0.6) is 0 Å². The Labute approximate surface area is 139 Å². The van der Waals surface area contributed by atoms with Crippen LogP contribution in [0.15, 0.2) is 48.5 Å². The van der Waals surface area contributed by atoms with E-state index >= 15 is 0 Å². The summed E-state index contributed by atoms with van der Waals surface area (Å²) in [5, 5.41) is 11.6. The molecule has 0 heterocycles. The lowest BCUT2D eigenvalue weighted by atomic mass is 10.1. The SMILES string of the molecule is Cc1cc(C(=O)O)ccc1NC(=O)C(C)SCc1ccccc1. The molecular weight excluding hydrogens is 310 g/mol. The lowest BCUT2D eigenvalue weighted by molar-refractivity contribution is -0.115. The van der Waals surface area contributed by atoms with Crippen LogP contribution in [0, 0.1) is 6.92 Å². The summed E-state index contributed by atoms with van der Waals surface area (Å²) in [6, 6.07) is 14.7. The first-order chi connectivity index (χ1) is 11.0. The number of amides is 1. The van der Waals surface area contributed by atoms with Crippen molar-refractivity contribution in [3.8, 4) is 0 Å². The molecule has 2 aromatic rings. The van der Waals surface area contributed by atoms with Gasteiger partial charge in [0.1, 0.15) is 0 Å². The summed E-state index contributed by atoms with van der Waals surface area (Å²) < 4.78 is 0. The first-order valence-corrected chi connectivity index (χ1v) is 8.32. The number of carboxylic acid groups (broad SMARTS) is 1. The molecule has 1 atom stereocenters. The molecule has 0 spiro atoms. The maximum atomic E-state index is 12.3. The van der Waals surface area contributed by atoms with E-state index in [9.17, 15) is 9.59 Å². The van der Waals surface area contributed by atoms with Crippen molar-refractivity contribution in [3.63, 3.8) is 0 Å². The number of benzene rings is 2. The molecule has 0 aromatic heterocycles. The van der Waals surface area contributed by atoms with Crippen LogP contribution in [0.3, 0.4) is 0 Å². The minimum atomic E-state index is -0.974. The van der Waals surface area contributed by atoms with E-state index in [0.717, 1.165) is 11.3 Å². The number of carbonyl (C=O) groups is 2. The number of carbonyl (C=O) groups excluding carboxylic acids is 1. The molecule has 0 saturated carbocycles. The Morgan fingerprint density at radius 2 is 1.87 bits per heavy atom. The van der Waals surface area contributed by atoms with Gasteiger partial charge in [0.05, 0.1) is 10.8 Å². The fourth-order valence-corrected chi connectivity index (χ4v) is 2.89. The molecule has 0 aliphatic heterocycles. The predicted octanol–water partition coefficient (Wildman–Crippen LogP) is 3.95. The van der Waals surface area contributed by atoms with Crippen molar-refractivity contribution in [1.82, 2.24) is 0 Å². The first-order valence-electron chi connectivity index (χ1n) is 7.27. The second-order valence-electron chi connectivity index (χ2n) is 5.26. The van der Waals surface area contributed by atoms with E-state index in [1.54, 1.807) is 30.8 Å². The first kappa shape index (κ1) is 17.1. The summed E-state index contributed by atoms with van der Waals surface area (Å²) in [6.07, 6.45) is 0. The molecule has 4 nitrogen and oxygen atoms in total. The molecule has 2 aromatic carbocycles. The lowest BCUT2D eigenvalue weighted by Crippen LogP contribution is -2.23. The summed E-state index contributed by atoms with van der Waals surface area (Å²) in [5.74, 6) is -0.290. The molecule has 0 aliphatic rings. The van der Waals surface area contributed by atoms with Crippen molar-refractivity contribution < 1.29 is 14.7 Å². The number of hydrogen-bond acceptors (Lipinski definition) is 3. The second kappa shape index (κ2) is 7.83. The Hall–Kier alpha value is -2.27. The Balaban J connectivity index is 1.94. The standard InChI is InChI=1S/C18H19NO3S/c1-12-10-15(18(21)22)8-9-16(12)19-17(20)13(2)23-11-14-6-4-3-5-7-14/h3-10,13H,11H2,1-2H3,(H,19,20)(H,21,22). The van der Waals surface area contributed by atoms with Crippen LogP contribution in [0.4, 0.5) is 5.69 Å². The third-order valence-corrected chi connectivity index (χ3v) is 4.66. The van der Waals surface area contributed by atoms with Crippen molar-refractivity contribution in [3.05, 3.63) is 65.2 Å². The monoisotopic (exact) mass is 329 g/mol. The molecule has 2 rings (SSSR count). The number of aryl methyl sites for hydroxylation is 1. The van der Waals surface area contributed by atoms with Gasteiger partial charge in [-0.15, -0.1) is 11.8 Å². The smallest absolute Gasteiger partial charge is 0.335 e. The zero-order valence-corrected chi connectivity index (χ0v) is 13.9. The maximum absolute atomic E-state index is 12.3. The average molecular weight is 329 g/mol. The largest absolute Gasteiger partial charge is 0.478 e. The molecule has 120 valence electrons. The summed E-state index contributed by atoms with van der Waals surface area (Å²) >= 11 is 1.56.